The van der Waals surface area contributed by atoms with Crippen LogP contribution in [0.15, 0.2) is 201 Å². The van der Waals surface area contributed by atoms with Gasteiger partial charge in [-0.25, -0.2) is 52.7 Å². The predicted molar refractivity (Wildman–Crippen MR) is 344 cm³/mol. The quantitative estimate of drug-likeness (QED) is 0.0366. The summed E-state index contributed by atoms with van der Waals surface area (Å²) < 4.78 is 172. The molecule has 1 aliphatic heterocycles. The van der Waals surface area contributed by atoms with Crippen LogP contribution >= 0.6 is 11.6 Å². The van der Waals surface area contributed by atoms with E-state index < -0.39 is 138 Å². The van der Waals surface area contributed by atoms with Crippen LogP contribution in [-0.4, -0.2) is 62.6 Å². The second kappa shape index (κ2) is 32.2. The van der Waals surface area contributed by atoms with Gasteiger partial charge in [-0.05, 0) is 152 Å². The van der Waals surface area contributed by atoms with Crippen LogP contribution in [0.5, 0.6) is 0 Å². The first-order chi connectivity index (χ1) is 47.4. The molecule has 0 radical (unpaired) electrons. The van der Waals surface area contributed by atoms with Crippen LogP contribution in [0.1, 0.15) is 91.7 Å². The van der Waals surface area contributed by atoms with Crippen molar-refractivity contribution < 1.29 is 86.2 Å². The van der Waals surface area contributed by atoms with Crippen molar-refractivity contribution in [1.82, 2.24) is 15.0 Å². The van der Waals surface area contributed by atoms with Gasteiger partial charge in [0.15, 0.2) is 69.7 Å². The van der Waals surface area contributed by atoms with Crippen LogP contribution < -0.4 is 16.4 Å². The highest BCUT2D eigenvalue weighted by molar-refractivity contribution is 6.67. The van der Waals surface area contributed by atoms with E-state index in [4.69, 9.17) is 22.1 Å². The third kappa shape index (κ3) is 17.4. The van der Waals surface area contributed by atoms with Gasteiger partial charge >= 0.3 is 0 Å². The maximum absolute atomic E-state index is 15.0. The number of pyridine rings is 3. The molecule has 13 rings (SSSR count). The van der Waals surface area contributed by atoms with Crippen LogP contribution in [0.25, 0.3) is 32.7 Å². The molecule has 0 bridgehead atoms. The van der Waals surface area contributed by atoms with Crippen molar-refractivity contribution in [2.45, 2.75) is 12.8 Å². The molecule has 0 unspecified atom stereocenters. The summed E-state index contributed by atoms with van der Waals surface area (Å²) in [6.07, 6.45) is 7.23. The van der Waals surface area contributed by atoms with E-state index in [1.807, 2.05) is 10.6 Å². The number of nitrogens with zero attached hydrogens (tertiary/aromatic N) is 3. The Morgan fingerprint density at radius 2 is 0.697 bits per heavy atom. The molecule has 500 valence electrons. The van der Waals surface area contributed by atoms with E-state index in [-0.39, 0.29) is 33.4 Å². The lowest BCUT2D eigenvalue weighted by molar-refractivity contribution is 0.101. The number of ketones is 3. The third-order valence-electron chi connectivity index (χ3n) is 14.3. The molecule has 4 N–H and O–H groups in total. The van der Waals surface area contributed by atoms with E-state index in [9.17, 15) is 81.5 Å². The number of amides is 2. The Morgan fingerprint density at radius 3 is 1.02 bits per heavy atom. The number of carbonyl (C=O) groups excluding carboxylic acids is 6. The zero-order chi connectivity index (χ0) is 71.2. The van der Waals surface area contributed by atoms with Gasteiger partial charge < -0.3 is 21.1 Å². The molecule has 0 atom stereocenters. The number of halogens is 13. The number of nitrogen functional groups attached to an aromatic ring is 1. The van der Waals surface area contributed by atoms with Crippen LogP contribution in [-0.2, 0) is 4.74 Å². The van der Waals surface area contributed by atoms with Crippen LogP contribution in [0, 0.1) is 69.8 Å². The Hall–Kier alpha value is -12.0. The standard InChI is InChI=1S/2C23H12F4N2O2.C16H9F3N2O.C7H4ClFO.C4H8O/c2*24-15-5-1-3-14(10-15)23(31)29-18-11-16(25)20(26)19(21(18)27)22(30)13-6-7-17-12(9-13)4-2-8-28-17;17-10-7-11(20)15(19)13(14(10)18)16(22)9-3-4-12-8(6-9)2-1-5-21-12;8-7(10)5-2-1-3-6(9)4-5;1-2-4-5-3-1/h2*1-11H,(H,29,31);1-7H,20H2;1-4H;1-4H2. The van der Waals surface area contributed by atoms with Crippen molar-refractivity contribution >= 4 is 95.8 Å². The highest BCUT2D eigenvalue weighted by Crippen LogP contribution is 2.31. The number of ether oxygens (including phenoxy) is 1. The maximum atomic E-state index is 15.0. The van der Waals surface area contributed by atoms with Crippen LogP contribution in [0.2, 0.25) is 0 Å². The summed E-state index contributed by atoms with van der Waals surface area (Å²) in [6, 6.07) is 38.2. The number of nitrogens with two attached hydrogens (primary N) is 1. The summed E-state index contributed by atoms with van der Waals surface area (Å²) >= 11 is 5.07. The number of benzene rings is 9. The average Bonchev–Trinajstić information content (AvgIpc) is 1.22. The Balaban J connectivity index is 0.000000158. The van der Waals surface area contributed by atoms with Crippen molar-refractivity contribution in [3.05, 3.63) is 320 Å². The predicted octanol–water partition coefficient (Wildman–Crippen LogP) is 17.0. The summed E-state index contributed by atoms with van der Waals surface area (Å²) in [4.78, 5) is 85.1. The van der Waals surface area contributed by atoms with Crippen molar-refractivity contribution in [1.29, 1.82) is 0 Å². The number of carbonyl (C=O) groups is 6. The molecular weight excluding hydrogens is 1340 g/mol. The van der Waals surface area contributed by atoms with E-state index in [1.54, 1.807) is 61.1 Å². The topological polar surface area (TPSA) is 200 Å². The molecule has 12 aromatic rings. The normalized spacial score (nSPS) is 11.4. The van der Waals surface area contributed by atoms with Crippen LogP contribution in [0.3, 0.4) is 0 Å². The zero-order valence-electron chi connectivity index (χ0n) is 50.6. The van der Waals surface area contributed by atoms with Crippen LogP contribution in [0.4, 0.5) is 69.7 Å². The fourth-order valence-corrected chi connectivity index (χ4v) is 9.58. The number of hydrogen-bond donors (Lipinski definition) is 3. The lowest BCUT2D eigenvalue weighted by atomic mass is 9.99. The summed E-state index contributed by atoms with van der Waals surface area (Å²) in [5.74, 6) is -20.5. The monoisotopic (exact) mass is 1380 g/mol. The largest absolute Gasteiger partial charge is 0.396 e. The molecule has 3 aromatic heterocycles. The zero-order valence-corrected chi connectivity index (χ0v) is 51.3. The first-order valence-corrected chi connectivity index (χ1v) is 29.4. The second-order valence-electron chi connectivity index (χ2n) is 21.0. The number of anilines is 3. The molecule has 0 spiro atoms. The number of hydrogen-bond acceptors (Lipinski definition) is 11. The Labute approximate surface area is 557 Å². The lowest BCUT2D eigenvalue weighted by Crippen LogP contribution is -2.17. The van der Waals surface area contributed by atoms with Gasteiger partial charge in [-0.2, -0.15) is 0 Å². The Kier molecular flexibility index (Phi) is 23.2. The minimum absolute atomic E-state index is 0.0169. The highest BCUT2D eigenvalue weighted by Gasteiger charge is 2.30. The van der Waals surface area contributed by atoms with Gasteiger partial charge in [0.2, 0.25) is 0 Å². The van der Waals surface area contributed by atoms with Gasteiger partial charge in [-0.15, -0.1) is 0 Å². The van der Waals surface area contributed by atoms with E-state index in [0.717, 1.165) is 43.5 Å². The van der Waals surface area contributed by atoms with Gasteiger partial charge in [0.25, 0.3) is 17.1 Å². The summed E-state index contributed by atoms with van der Waals surface area (Å²) in [5, 5.41) is 5.17. The minimum Gasteiger partial charge on any atom is -0.396 e. The fraction of sp³-hybridized carbons (Fsp3) is 0.0548. The Bertz CT molecular complexity index is 4900. The fourth-order valence-electron chi connectivity index (χ4n) is 9.46. The van der Waals surface area contributed by atoms with Gasteiger partial charge in [-0.1, -0.05) is 36.4 Å². The second-order valence-corrected chi connectivity index (χ2v) is 21.4. The third-order valence-corrected chi connectivity index (χ3v) is 14.5. The number of fused-ring (bicyclic) bond motifs is 3. The van der Waals surface area contributed by atoms with Gasteiger partial charge in [-0.3, -0.25) is 43.7 Å². The minimum atomic E-state index is -1.68. The molecule has 1 aliphatic rings. The smallest absolute Gasteiger partial charge is 0.255 e. The molecule has 1 saturated heterocycles. The number of nitrogens with one attached hydrogen (secondary N) is 2. The number of rotatable bonds is 11. The molecule has 99 heavy (non-hydrogen) atoms. The van der Waals surface area contributed by atoms with Gasteiger partial charge in [0, 0.05) is 99.5 Å². The lowest BCUT2D eigenvalue weighted by Gasteiger charge is -2.12. The molecule has 0 aliphatic carbocycles. The van der Waals surface area contributed by atoms with Gasteiger partial charge in [0.05, 0.1) is 50.3 Å². The summed E-state index contributed by atoms with van der Waals surface area (Å²) in [6.45, 7) is 2.00. The SMILES string of the molecule is C1CCOC1.Nc1cc(F)c(F)c(C(=O)c2ccc3ncccc3c2)c1F.O=C(Cl)c1cccc(F)c1.O=C(Nc1cc(F)c(F)c(C(=O)c2ccc3ncccc3c2)c1F)c1cccc(F)c1.O=C(Nc1cc(F)c(F)c(C(=O)c2ccc3ncccc3c2)c1F)c1cccc(F)c1. The first-order valence-electron chi connectivity index (χ1n) is 29.0. The summed E-state index contributed by atoms with van der Waals surface area (Å²) in [7, 11) is 0. The molecule has 13 nitrogen and oxygen atoms in total. The molecule has 1 fully saturated rings. The van der Waals surface area contributed by atoms with E-state index in [1.165, 1.54) is 104 Å². The van der Waals surface area contributed by atoms with Gasteiger partial charge in [0.1, 0.15) is 17.5 Å². The molecule has 2 amide bonds. The maximum Gasteiger partial charge on any atom is 0.255 e. The molecule has 26 heteroatoms. The van der Waals surface area contributed by atoms with Crippen molar-refractivity contribution in [2.24, 2.45) is 0 Å². The van der Waals surface area contributed by atoms with E-state index in [0.29, 0.717) is 50.9 Å². The van der Waals surface area contributed by atoms with Crippen molar-refractivity contribution in [3.8, 4) is 0 Å². The summed E-state index contributed by atoms with van der Waals surface area (Å²) in [5.41, 5.74) is 1.24. The molecule has 4 heterocycles. The van der Waals surface area contributed by atoms with Crippen molar-refractivity contribution in [3.63, 3.8) is 0 Å². The van der Waals surface area contributed by atoms with E-state index >= 15 is 0 Å². The molecule has 9 aromatic carbocycles. The van der Waals surface area contributed by atoms with E-state index in [2.05, 4.69) is 15.0 Å². The number of aromatic nitrogens is 3. The molecule has 0 saturated carbocycles. The first kappa shape index (κ1) is 71.3. The highest BCUT2D eigenvalue weighted by atomic mass is 35.5. The Morgan fingerprint density at radius 1 is 0.364 bits per heavy atom. The molecular formula is C73H45ClF12N6O7. The average molecular weight is 1380 g/mol. The van der Waals surface area contributed by atoms with Crippen molar-refractivity contribution in [2.75, 3.05) is 29.6 Å².